The maximum absolute atomic E-state index is 11.9. The van der Waals surface area contributed by atoms with Gasteiger partial charge in [-0.15, -0.1) is 0 Å². The highest BCUT2D eigenvalue weighted by Gasteiger charge is 2.27. The molecule has 0 spiro atoms. The SMILES string of the molecule is C=Nc1cc(OC)c(C(N)=O)cc1/C(=C\C)Oc1ccc2c(c1)CCCN2C(=S)NC1CC1. The molecule has 1 amide bonds. The van der Waals surface area contributed by atoms with E-state index in [1.165, 1.54) is 25.5 Å². The van der Waals surface area contributed by atoms with Crippen molar-refractivity contribution >= 4 is 47.1 Å². The van der Waals surface area contributed by atoms with Gasteiger partial charge in [-0.1, -0.05) is 0 Å². The largest absolute Gasteiger partial charge is 0.496 e. The fourth-order valence-electron chi connectivity index (χ4n) is 3.98. The van der Waals surface area contributed by atoms with Gasteiger partial charge in [0.2, 0.25) is 0 Å². The molecule has 2 aromatic rings. The average molecular weight is 465 g/mol. The number of nitrogens with two attached hydrogens (primary N) is 1. The molecule has 0 aromatic heterocycles. The van der Waals surface area contributed by atoms with Crippen LogP contribution in [0.2, 0.25) is 0 Å². The molecule has 1 heterocycles. The summed E-state index contributed by atoms with van der Waals surface area (Å²) < 4.78 is 11.5. The Hall–Kier alpha value is -3.39. The molecule has 8 heteroatoms. The van der Waals surface area contributed by atoms with Crippen molar-refractivity contribution < 1.29 is 14.3 Å². The first-order chi connectivity index (χ1) is 15.9. The van der Waals surface area contributed by atoms with Gasteiger partial charge in [0.15, 0.2) is 5.11 Å². The van der Waals surface area contributed by atoms with Gasteiger partial charge >= 0.3 is 0 Å². The third-order valence-corrected chi connectivity index (χ3v) is 6.17. The lowest BCUT2D eigenvalue weighted by Gasteiger charge is -2.32. The molecule has 0 atom stereocenters. The number of allylic oxidation sites excluding steroid dienone is 1. The van der Waals surface area contributed by atoms with Gasteiger partial charge in [-0.3, -0.25) is 9.79 Å². The minimum absolute atomic E-state index is 0.251. The number of aliphatic imine (C=N–C) groups is 1. The fraction of sp³-hybridized carbons (Fsp3) is 0.320. The van der Waals surface area contributed by atoms with E-state index in [9.17, 15) is 4.79 Å². The van der Waals surface area contributed by atoms with Crippen LogP contribution in [0.5, 0.6) is 11.5 Å². The molecule has 0 saturated heterocycles. The molecule has 0 bridgehead atoms. The number of ether oxygens (including phenoxy) is 2. The van der Waals surface area contributed by atoms with Crippen LogP contribution in [0.4, 0.5) is 11.4 Å². The zero-order valence-corrected chi connectivity index (χ0v) is 19.7. The molecule has 1 fully saturated rings. The summed E-state index contributed by atoms with van der Waals surface area (Å²) >= 11 is 5.64. The quantitative estimate of drug-likeness (QED) is 0.360. The number of rotatable bonds is 7. The molecule has 172 valence electrons. The van der Waals surface area contributed by atoms with Gasteiger partial charge in [-0.05, 0) is 87.4 Å². The van der Waals surface area contributed by atoms with E-state index in [0.717, 1.165) is 30.2 Å². The number of amides is 1. The number of aryl methyl sites for hydroxylation is 1. The lowest BCUT2D eigenvalue weighted by molar-refractivity contribution is 0.0997. The third-order valence-electron chi connectivity index (χ3n) is 5.83. The normalized spacial score (nSPS) is 15.5. The van der Waals surface area contributed by atoms with Crippen molar-refractivity contribution in [3.8, 4) is 11.5 Å². The lowest BCUT2D eigenvalue weighted by Crippen LogP contribution is -2.43. The third kappa shape index (κ3) is 4.85. The molecule has 1 aliphatic heterocycles. The molecule has 1 aliphatic carbocycles. The molecule has 33 heavy (non-hydrogen) atoms. The Morgan fingerprint density at radius 1 is 1.30 bits per heavy atom. The highest BCUT2D eigenvalue weighted by Crippen LogP contribution is 2.37. The number of hydrogen-bond donors (Lipinski definition) is 2. The Balaban J connectivity index is 1.62. The standard InChI is InChI=1S/C25H28N4O3S/c1-4-22(18-13-19(24(26)30)23(31-3)14-20(18)27-2)32-17-9-10-21-15(12-17)6-5-11-29(21)25(33)28-16-7-8-16/h4,9-10,12-14,16H,2,5-8,11H2,1,3H3,(H2,26,30)(H,28,33)/b22-4+. The number of anilines is 1. The topological polar surface area (TPSA) is 89.2 Å². The Kier molecular flexibility index (Phi) is 6.65. The minimum Gasteiger partial charge on any atom is -0.496 e. The Bertz CT molecular complexity index is 1140. The van der Waals surface area contributed by atoms with Gasteiger partial charge in [-0.25, -0.2) is 0 Å². The number of primary amides is 1. The van der Waals surface area contributed by atoms with Crippen LogP contribution in [-0.4, -0.2) is 37.4 Å². The predicted octanol–water partition coefficient (Wildman–Crippen LogP) is 4.36. The van der Waals surface area contributed by atoms with Crippen molar-refractivity contribution in [2.24, 2.45) is 10.7 Å². The summed E-state index contributed by atoms with van der Waals surface area (Å²) in [6.07, 6.45) is 6.16. The Morgan fingerprint density at radius 2 is 2.09 bits per heavy atom. The number of hydrogen-bond acceptors (Lipinski definition) is 5. The molecular formula is C25H28N4O3S. The van der Waals surface area contributed by atoms with Crippen LogP contribution in [0.3, 0.4) is 0 Å². The summed E-state index contributed by atoms with van der Waals surface area (Å²) in [5.74, 6) is 0.981. The van der Waals surface area contributed by atoms with Crippen LogP contribution in [0.25, 0.3) is 5.76 Å². The number of nitrogens with one attached hydrogen (secondary N) is 1. The molecule has 4 rings (SSSR count). The summed E-state index contributed by atoms with van der Waals surface area (Å²) in [5.41, 5.74) is 9.24. The number of benzene rings is 2. The average Bonchev–Trinajstić information content (AvgIpc) is 3.64. The number of fused-ring (bicyclic) bond motifs is 1. The highest BCUT2D eigenvalue weighted by atomic mass is 32.1. The predicted molar refractivity (Wildman–Crippen MR) is 136 cm³/mol. The van der Waals surface area contributed by atoms with E-state index in [2.05, 4.69) is 21.9 Å². The number of carbonyl (C=O) groups excluding carboxylic acids is 1. The second-order valence-corrected chi connectivity index (χ2v) is 8.50. The van der Waals surface area contributed by atoms with Gasteiger partial charge in [0.25, 0.3) is 5.91 Å². The van der Waals surface area contributed by atoms with Crippen LogP contribution in [-0.2, 0) is 6.42 Å². The Labute approximate surface area is 199 Å². The second kappa shape index (κ2) is 9.62. The number of carbonyl (C=O) groups is 1. The minimum atomic E-state index is -0.594. The highest BCUT2D eigenvalue weighted by molar-refractivity contribution is 7.80. The zero-order chi connectivity index (χ0) is 23.5. The molecule has 7 nitrogen and oxygen atoms in total. The van der Waals surface area contributed by atoms with Gasteiger partial charge in [0.05, 0.1) is 18.4 Å². The van der Waals surface area contributed by atoms with Crippen LogP contribution in [0.1, 0.15) is 47.7 Å². The van der Waals surface area contributed by atoms with E-state index >= 15 is 0 Å². The zero-order valence-electron chi connectivity index (χ0n) is 18.9. The first-order valence-corrected chi connectivity index (χ1v) is 11.4. The lowest BCUT2D eigenvalue weighted by atomic mass is 10.0. The smallest absolute Gasteiger partial charge is 0.252 e. The molecule has 0 radical (unpaired) electrons. The first kappa shape index (κ1) is 22.8. The van der Waals surface area contributed by atoms with E-state index in [-0.39, 0.29) is 5.56 Å². The van der Waals surface area contributed by atoms with Crippen LogP contribution < -0.4 is 25.4 Å². The number of methoxy groups -OCH3 is 1. The van der Waals surface area contributed by atoms with Crippen LogP contribution in [0, 0.1) is 0 Å². The van der Waals surface area contributed by atoms with Crippen molar-refractivity contribution in [2.45, 2.75) is 38.6 Å². The van der Waals surface area contributed by atoms with Crippen molar-refractivity contribution in [2.75, 3.05) is 18.6 Å². The van der Waals surface area contributed by atoms with Crippen LogP contribution >= 0.6 is 12.2 Å². The summed E-state index contributed by atoms with van der Waals surface area (Å²) in [7, 11) is 1.48. The van der Waals surface area contributed by atoms with Crippen molar-refractivity contribution in [1.82, 2.24) is 5.32 Å². The van der Waals surface area contributed by atoms with E-state index in [1.54, 1.807) is 12.1 Å². The monoisotopic (exact) mass is 464 g/mol. The maximum Gasteiger partial charge on any atom is 0.252 e. The fourth-order valence-corrected chi connectivity index (χ4v) is 4.34. The molecule has 3 N–H and O–H groups in total. The van der Waals surface area contributed by atoms with Gasteiger partial charge in [0.1, 0.15) is 17.3 Å². The number of nitrogens with zero attached hydrogens (tertiary/aromatic N) is 2. The second-order valence-electron chi connectivity index (χ2n) is 8.12. The van der Waals surface area contributed by atoms with Crippen LogP contribution in [0.15, 0.2) is 41.4 Å². The molecule has 2 aliphatic rings. The van der Waals surface area contributed by atoms with Gasteiger partial charge < -0.3 is 25.4 Å². The van der Waals surface area contributed by atoms with Crippen molar-refractivity contribution in [3.63, 3.8) is 0 Å². The maximum atomic E-state index is 11.9. The molecular weight excluding hydrogens is 436 g/mol. The van der Waals surface area contributed by atoms with E-state index in [1.807, 2.05) is 31.2 Å². The summed E-state index contributed by atoms with van der Waals surface area (Å²) in [6.45, 7) is 6.41. The Morgan fingerprint density at radius 3 is 2.73 bits per heavy atom. The first-order valence-electron chi connectivity index (χ1n) is 11.0. The van der Waals surface area contributed by atoms with Gasteiger partial charge in [-0.2, -0.15) is 0 Å². The summed E-state index contributed by atoms with van der Waals surface area (Å²) in [5, 5.41) is 4.22. The van der Waals surface area contributed by atoms with E-state index in [4.69, 9.17) is 27.4 Å². The van der Waals surface area contributed by atoms with Crippen molar-refractivity contribution in [1.29, 1.82) is 0 Å². The summed E-state index contributed by atoms with van der Waals surface area (Å²) in [6, 6.07) is 9.80. The van der Waals surface area contributed by atoms with E-state index in [0.29, 0.717) is 34.6 Å². The number of thiocarbonyl (C=S) groups is 1. The van der Waals surface area contributed by atoms with Gasteiger partial charge in [0, 0.05) is 29.9 Å². The van der Waals surface area contributed by atoms with E-state index < -0.39 is 5.91 Å². The molecule has 2 aromatic carbocycles. The molecule has 1 saturated carbocycles. The van der Waals surface area contributed by atoms with Crippen molar-refractivity contribution in [3.05, 3.63) is 53.1 Å². The summed E-state index contributed by atoms with van der Waals surface area (Å²) in [4.78, 5) is 18.2. The molecule has 0 unspecified atom stereocenters.